The molecule has 1 saturated heterocycles. The molecule has 0 bridgehead atoms. The first-order chi connectivity index (χ1) is 12.0. The molecule has 0 radical (unpaired) electrons. The molecule has 1 fully saturated rings. The first kappa shape index (κ1) is 20.2. The molecular formula is C19H35N5S. The summed E-state index contributed by atoms with van der Waals surface area (Å²) in [5, 5.41) is 12.5. The van der Waals surface area contributed by atoms with E-state index in [0.29, 0.717) is 6.04 Å². The molecule has 6 heteroatoms. The lowest BCUT2D eigenvalue weighted by Crippen LogP contribution is -2.44. The Morgan fingerprint density at radius 1 is 1.24 bits per heavy atom. The van der Waals surface area contributed by atoms with Crippen molar-refractivity contribution in [3.8, 4) is 0 Å². The Morgan fingerprint density at radius 3 is 2.60 bits per heavy atom. The van der Waals surface area contributed by atoms with Crippen LogP contribution in [0.25, 0.3) is 0 Å². The van der Waals surface area contributed by atoms with Gasteiger partial charge in [0.05, 0.1) is 12.6 Å². The summed E-state index contributed by atoms with van der Waals surface area (Å²) < 4.78 is 0. The zero-order valence-corrected chi connectivity index (χ0v) is 17.1. The second-order valence-corrected chi connectivity index (χ2v) is 8.58. The number of nitrogens with one attached hydrogen (secondary N) is 3. The normalized spacial score (nSPS) is 17.7. The molecule has 1 aromatic rings. The van der Waals surface area contributed by atoms with Crippen LogP contribution >= 0.6 is 11.3 Å². The summed E-state index contributed by atoms with van der Waals surface area (Å²) in [7, 11) is 0. The molecule has 2 heterocycles. The molecule has 0 amide bonds. The Labute approximate surface area is 157 Å². The number of rotatable bonds is 8. The molecular weight excluding hydrogens is 330 g/mol. The van der Waals surface area contributed by atoms with Gasteiger partial charge in [-0.05, 0) is 65.1 Å². The van der Waals surface area contributed by atoms with Gasteiger partial charge in [0, 0.05) is 30.1 Å². The third-order valence-electron chi connectivity index (χ3n) is 4.29. The van der Waals surface area contributed by atoms with Crippen LogP contribution in [0.2, 0.25) is 0 Å². The number of hydrogen-bond acceptors (Lipinski definition) is 4. The van der Waals surface area contributed by atoms with Crippen LogP contribution in [0.15, 0.2) is 22.5 Å². The highest BCUT2D eigenvalue weighted by molar-refractivity contribution is 7.10. The fourth-order valence-corrected chi connectivity index (χ4v) is 3.91. The third-order valence-corrected chi connectivity index (χ3v) is 5.27. The maximum absolute atomic E-state index is 4.88. The van der Waals surface area contributed by atoms with Gasteiger partial charge in [-0.1, -0.05) is 6.07 Å². The van der Waals surface area contributed by atoms with Crippen LogP contribution in [-0.2, 0) is 0 Å². The lowest BCUT2D eigenvalue weighted by molar-refractivity contribution is 0.255. The zero-order valence-electron chi connectivity index (χ0n) is 16.3. The first-order valence-electron chi connectivity index (χ1n) is 9.54. The summed E-state index contributed by atoms with van der Waals surface area (Å²) in [5.74, 6) is 0.916. The number of aliphatic imine (C=N–C) groups is 1. The van der Waals surface area contributed by atoms with Crippen molar-refractivity contribution in [2.75, 3.05) is 39.3 Å². The monoisotopic (exact) mass is 365 g/mol. The van der Waals surface area contributed by atoms with E-state index >= 15 is 0 Å². The number of thiophene rings is 1. The molecule has 1 atom stereocenters. The van der Waals surface area contributed by atoms with E-state index in [9.17, 15) is 0 Å². The highest BCUT2D eigenvalue weighted by Crippen LogP contribution is 2.28. The molecule has 1 aliphatic rings. The molecule has 25 heavy (non-hydrogen) atoms. The minimum absolute atomic E-state index is 0.150. The Kier molecular flexibility index (Phi) is 8.19. The van der Waals surface area contributed by atoms with Crippen molar-refractivity contribution in [1.82, 2.24) is 20.9 Å². The zero-order chi connectivity index (χ0) is 18.1. The number of likely N-dealkylation sites (tertiary alicyclic amines) is 1. The van der Waals surface area contributed by atoms with Crippen molar-refractivity contribution < 1.29 is 0 Å². The molecule has 3 N–H and O–H groups in total. The topological polar surface area (TPSA) is 51.7 Å². The van der Waals surface area contributed by atoms with Gasteiger partial charge in [-0.25, -0.2) is 0 Å². The highest BCUT2D eigenvalue weighted by Gasteiger charge is 2.24. The quantitative estimate of drug-likeness (QED) is 0.377. The predicted octanol–water partition coefficient (Wildman–Crippen LogP) is 2.83. The number of hydrogen-bond donors (Lipinski definition) is 3. The van der Waals surface area contributed by atoms with Gasteiger partial charge >= 0.3 is 0 Å². The number of guanidine groups is 1. The van der Waals surface area contributed by atoms with E-state index in [1.165, 1.54) is 30.8 Å². The third kappa shape index (κ3) is 7.34. The maximum atomic E-state index is 4.88. The van der Waals surface area contributed by atoms with Crippen LogP contribution in [0.5, 0.6) is 0 Å². The van der Waals surface area contributed by atoms with Gasteiger partial charge in [-0.2, -0.15) is 0 Å². The van der Waals surface area contributed by atoms with E-state index in [-0.39, 0.29) is 5.54 Å². The molecule has 2 rings (SSSR count). The summed E-state index contributed by atoms with van der Waals surface area (Å²) in [6.07, 6.45) is 2.62. The Bertz CT molecular complexity index is 500. The van der Waals surface area contributed by atoms with E-state index in [0.717, 1.165) is 32.1 Å². The lowest BCUT2D eigenvalue weighted by atomic mass is 10.1. The van der Waals surface area contributed by atoms with E-state index in [1.807, 2.05) is 11.3 Å². The van der Waals surface area contributed by atoms with Crippen molar-refractivity contribution in [1.29, 1.82) is 0 Å². The fourth-order valence-electron chi connectivity index (χ4n) is 3.06. The van der Waals surface area contributed by atoms with E-state index in [4.69, 9.17) is 4.99 Å². The van der Waals surface area contributed by atoms with Gasteiger partial charge in [0.1, 0.15) is 0 Å². The largest absolute Gasteiger partial charge is 0.357 e. The summed E-state index contributed by atoms with van der Waals surface area (Å²) >= 11 is 1.85. The SMILES string of the molecule is CCNC(=NCC(c1cccs1)N1CCCC1)NCCNC(C)(C)C. The van der Waals surface area contributed by atoms with Gasteiger partial charge in [-0.3, -0.25) is 9.89 Å². The van der Waals surface area contributed by atoms with Gasteiger partial charge < -0.3 is 16.0 Å². The summed E-state index contributed by atoms with van der Waals surface area (Å²) in [6, 6.07) is 4.80. The van der Waals surface area contributed by atoms with Crippen molar-refractivity contribution >= 4 is 17.3 Å². The van der Waals surface area contributed by atoms with Crippen molar-refractivity contribution in [2.24, 2.45) is 4.99 Å². The van der Waals surface area contributed by atoms with Crippen molar-refractivity contribution in [3.63, 3.8) is 0 Å². The maximum Gasteiger partial charge on any atom is 0.191 e. The predicted molar refractivity (Wildman–Crippen MR) is 110 cm³/mol. The molecule has 1 unspecified atom stereocenters. The molecule has 5 nitrogen and oxygen atoms in total. The van der Waals surface area contributed by atoms with Gasteiger partial charge in [0.25, 0.3) is 0 Å². The Morgan fingerprint density at radius 2 is 2.00 bits per heavy atom. The van der Waals surface area contributed by atoms with Gasteiger partial charge in [-0.15, -0.1) is 11.3 Å². The average Bonchev–Trinajstić information content (AvgIpc) is 3.24. The van der Waals surface area contributed by atoms with Crippen LogP contribution in [0, 0.1) is 0 Å². The van der Waals surface area contributed by atoms with E-state index in [2.05, 4.69) is 66.1 Å². The van der Waals surface area contributed by atoms with Crippen LogP contribution in [-0.4, -0.2) is 55.7 Å². The molecule has 0 aliphatic carbocycles. The van der Waals surface area contributed by atoms with Crippen molar-refractivity contribution in [3.05, 3.63) is 22.4 Å². The molecule has 0 spiro atoms. The highest BCUT2D eigenvalue weighted by atomic mass is 32.1. The molecule has 0 aromatic carbocycles. The Balaban J connectivity index is 1.92. The second kappa shape index (κ2) is 10.1. The smallest absolute Gasteiger partial charge is 0.191 e. The molecule has 1 aromatic heterocycles. The molecule has 142 valence electrons. The van der Waals surface area contributed by atoms with Crippen molar-refractivity contribution in [2.45, 2.75) is 52.1 Å². The number of nitrogens with zero attached hydrogens (tertiary/aromatic N) is 2. The molecule has 0 saturated carbocycles. The van der Waals surface area contributed by atoms with E-state index in [1.54, 1.807) is 0 Å². The minimum Gasteiger partial charge on any atom is -0.357 e. The minimum atomic E-state index is 0.150. The lowest BCUT2D eigenvalue weighted by Gasteiger charge is -2.25. The van der Waals surface area contributed by atoms with Gasteiger partial charge in [0.2, 0.25) is 0 Å². The van der Waals surface area contributed by atoms with Gasteiger partial charge in [0.15, 0.2) is 5.96 Å². The summed E-state index contributed by atoms with van der Waals surface area (Å²) in [5.41, 5.74) is 0.150. The second-order valence-electron chi connectivity index (χ2n) is 7.60. The van der Waals surface area contributed by atoms with Crippen LogP contribution < -0.4 is 16.0 Å². The molecule has 1 aliphatic heterocycles. The average molecular weight is 366 g/mol. The fraction of sp³-hybridized carbons (Fsp3) is 0.737. The van der Waals surface area contributed by atoms with E-state index < -0.39 is 0 Å². The van der Waals surface area contributed by atoms with Crippen LogP contribution in [0.4, 0.5) is 0 Å². The summed E-state index contributed by atoms with van der Waals surface area (Å²) in [6.45, 7) is 14.5. The standard InChI is InChI=1S/C19H35N5S/c1-5-20-18(21-10-11-23-19(2,3)4)22-15-16(17-9-8-14-25-17)24-12-6-7-13-24/h8-9,14,16,23H,5-7,10-13,15H2,1-4H3,(H2,20,21,22). The first-order valence-corrected chi connectivity index (χ1v) is 10.4. The Hall–Kier alpha value is -1.11. The summed E-state index contributed by atoms with van der Waals surface area (Å²) in [4.78, 5) is 8.89. The van der Waals surface area contributed by atoms with Crippen LogP contribution in [0.3, 0.4) is 0 Å². The van der Waals surface area contributed by atoms with Crippen LogP contribution in [0.1, 0.15) is 51.5 Å².